The Bertz CT molecular complexity index is 470. The molecule has 0 unspecified atom stereocenters. The Morgan fingerprint density at radius 2 is 1.87 bits per heavy atom. The van der Waals surface area contributed by atoms with Gasteiger partial charge in [0.25, 0.3) is 0 Å². The van der Waals surface area contributed by atoms with E-state index in [9.17, 15) is 0 Å². The summed E-state index contributed by atoms with van der Waals surface area (Å²) in [7, 11) is 0. The first-order valence-corrected chi connectivity index (χ1v) is 4.23. The van der Waals surface area contributed by atoms with Crippen LogP contribution in [0.4, 0.5) is 0 Å². The van der Waals surface area contributed by atoms with Crippen LogP contribution in [0, 0.1) is 22.7 Å². The predicted molar refractivity (Wildman–Crippen MR) is 56.4 cm³/mol. The van der Waals surface area contributed by atoms with Crippen LogP contribution in [-0.4, -0.2) is 5.11 Å². The van der Waals surface area contributed by atoms with Gasteiger partial charge in [-0.2, -0.15) is 10.5 Å². The molecule has 0 aliphatic carbocycles. The molecule has 15 heavy (non-hydrogen) atoms. The van der Waals surface area contributed by atoms with Crippen LogP contribution in [0.2, 0.25) is 0 Å². The smallest absolute Gasteiger partial charge is 0.115 e. The number of allylic oxidation sites excluding steroid dienone is 3. The van der Waals surface area contributed by atoms with Gasteiger partial charge in [-0.05, 0) is 23.8 Å². The molecule has 72 valence electrons. The summed E-state index contributed by atoms with van der Waals surface area (Å²) in [6.07, 6.45) is 4.43. The molecule has 0 amide bonds. The van der Waals surface area contributed by atoms with E-state index in [2.05, 4.69) is 0 Å². The van der Waals surface area contributed by atoms with Crippen LogP contribution in [-0.2, 0) is 0 Å². The van der Waals surface area contributed by atoms with Crippen LogP contribution < -0.4 is 0 Å². The van der Waals surface area contributed by atoms with Crippen LogP contribution in [0.1, 0.15) is 5.56 Å². The maximum atomic E-state index is 9.03. The molecule has 0 fully saturated rings. The first-order chi connectivity index (χ1) is 7.26. The standard InChI is InChI=1S/C12H8N2O/c13-8-7-11(9-14)2-1-10-3-5-12(15)6-4-10/h1-7,15H. The van der Waals surface area contributed by atoms with Crippen molar-refractivity contribution in [2.45, 2.75) is 0 Å². The van der Waals surface area contributed by atoms with Gasteiger partial charge in [0.15, 0.2) is 0 Å². The Hall–Kier alpha value is -2.52. The Morgan fingerprint density at radius 1 is 1.20 bits per heavy atom. The average molecular weight is 196 g/mol. The quantitative estimate of drug-likeness (QED) is 0.583. The molecule has 1 aromatic rings. The van der Waals surface area contributed by atoms with Gasteiger partial charge in [-0.1, -0.05) is 18.2 Å². The fourth-order valence-corrected chi connectivity index (χ4v) is 0.959. The zero-order valence-electron chi connectivity index (χ0n) is 7.88. The van der Waals surface area contributed by atoms with Gasteiger partial charge in [0.05, 0.1) is 17.7 Å². The van der Waals surface area contributed by atoms with E-state index in [1.807, 2.05) is 6.07 Å². The molecule has 0 bridgehead atoms. The predicted octanol–water partition coefficient (Wildman–Crippen LogP) is 2.38. The maximum Gasteiger partial charge on any atom is 0.115 e. The lowest BCUT2D eigenvalue weighted by molar-refractivity contribution is 0.475. The second-order valence-corrected chi connectivity index (χ2v) is 2.77. The Morgan fingerprint density at radius 3 is 2.40 bits per heavy atom. The summed E-state index contributed by atoms with van der Waals surface area (Å²) in [5.74, 6) is 0.195. The van der Waals surface area contributed by atoms with Crippen molar-refractivity contribution in [1.29, 1.82) is 10.5 Å². The molecule has 0 aromatic heterocycles. The van der Waals surface area contributed by atoms with Gasteiger partial charge in [0.2, 0.25) is 0 Å². The number of phenolic OH excluding ortho intramolecular Hbond substituents is 1. The van der Waals surface area contributed by atoms with Crippen molar-refractivity contribution in [2.75, 3.05) is 0 Å². The molecule has 3 nitrogen and oxygen atoms in total. The van der Waals surface area contributed by atoms with Crippen LogP contribution >= 0.6 is 0 Å². The van der Waals surface area contributed by atoms with E-state index in [-0.39, 0.29) is 5.75 Å². The highest BCUT2D eigenvalue weighted by molar-refractivity contribution is 5.56. The summed E-state index contributed by atoms with van der Waals surface area (Å²) in [4.78, 5) is 0. The van der Waals surface area contributed by atoms with E-state index in [1.54, 1.807) is 42.5 Å². The van der Waals surface area contributed by atoms with E-state index in [0.717, 1.165) is 5.56 Å². The number of rotatable bonds is 2. The van der Waals surface area contributed by atoms with Crippen LogP contribution in [0.5, 0.6) is 5.75 Å². The van der Waals surface area contributed by atoms with Gasteiger partial charge in [0.1, 0.15) is 5.75 Å². The summed E-state index contributed by atoms with van der Waals surface area (Å²) in [5.41, 5.74) is 1.15. The summed E-state index contributed by atoms with van der Waals surface area (Å²) >= 11 is 0. The minimum absolute atomic E-state index is 0.195. The minimum Gasteiger partial charge on any atom is -0.508 e. The highest BCUT2D eigenvalue weighted by Gasteiger charge is 1.90. The monoisotopic (exact) mass is 196 g/mol. The second-order valence-electron chi connectivity index (χ2n) is 2.77. The number of phenols is 1. The number of aromatic hydroxyl groups is 1. The van der Waals surface area contributed by atoms with Gasteiger partial charge in [-0.25, -0.2) is 0 Å². The van der Waals surface area contributed by atoms with Crippen molar-refractivity contribution in [1.82, 2.24) is 0 Å². The molecule has 0 heterocycles. The molecule has 0 atom stereocenters. The molecule has 0 aliphatic rings. The first-order valence-electron chi connectivity index (χ1n) is 4.23. The van der Waals surface area contributed by atoms with Gasteiger partial charge in [-0.15, -0.1) is 0 Å². The fraction of sp³-hybridized carbons (Fsp3) is 0. The van der Waals surface area contributed by atoms with Gasteiger partial charge >= 0.3 is 0 Å². The van der Waals surface area contributed by atoms with Crippen molar-refractivity contribution >= 4 is 6.08 Å². The number of benzene rings is 1. The third kappa shape index (κ3) is 3.38. The van der Waals surface area contributed by atoms with Crippen molar-refractivity contribution in [3.63, 3.8) is 0 Å². The highest BCUT2D eigenvalue weighted by Crippen LogP contribution is 2.11. The third-order valence-electron chi connectivity index (χ3n) is 1.70. The van der Waals surface area contributed by atoms with Crippen LogP contribution in [0.15, 0.2) is 42.0 Å². The molecule has 1 aromatic carbocycles. The molecule has 1 N–H and O–H groups in total. The summed E-state index contributed by atoms with van der Waals surface area (Å²) in [5, 5.41) is 26.0. The Labute approximate surface area is 87.8 Å². The number of hydrogen-bond acceptors (Lipinski definition) is 3. The molecule has 0 saturated heterocycles. The van der Waals surface area contributed by atoms with E-state index in [1.165, 1.54) is 6.08 Å². The molecular formula is C12H8N2O. The van der Waals surface area contributed by atoms with Crippen molar-refractivity contribution in [3.05, 3.63) is 47.6 Å². The molecule has 0 saturated carbocycles. The summed E-state index contributed by atoms with van der Waals surface area (Å²) in [6.45, 7) is 0. The topological polar surface area (TPSA) is 67.8 Å². The minimum atomic E-state index is 0.195. The molecule has 3 heteroatoms. The molecule has 0 spiro atoms. The lowest BCUT2D eigenvalue weighted by Crippen LogP contribution is -1.73. The zero-order valence-corrected chi connectivity index (χ0v) is 7.88. The Balaban J connectivity index is 2.83. The third-order valence-corrected chi connectivity index (χ3v) is 1.70. The number of nitrogens with zero attached hydrogens (tertiary/aromatic N) is 2. The number of nitriles is 2. The van der Waals surface area contributed by atoms with Gasteiger partial charge in [0, 0.05) is 6.08 Å². The first kappa shape index (κ1) is 10.6. The zero-order chi connectivity index (χ0) is 11.1. The number of hydrogen-bond donors (Lipinski definition) is 1. The average Bonchev–Trinajstić information content (AvgIpc) is 2.26. The van der Waals surface area contributed by atoms with E-state index >= 15 is 0 Å². The molecule has 0 aliphatic heterocycles. The van der Waals surface area contributed by atoms with E-state index < -0.39 is 0 Å². The lowest BCUT2D eigenvalue weighted by atomic mass is 10.1. The largest absolute Gasteiger partial charge is 0.508 e. The second kappa shape index (κ2) is 5.26. The van der Waals surface area contributed by atoms with Crippen molar-refractivity contribution in [2.24, 2.45) is 0 Å². The van der Waals surface area contributed by atoms with Crippen LogP contribution in [0.25, 0.3) is 6.08 Å². The van der Waals surface area contributed by atoms with E-state index in [0.29, 0.717) is 5.57 Å². The van der Waals surface area contributed by atoms with Gasteiger partial charge < -0.3 is 5.11 Å². The maximum absolute atomic E-state index is 9.03. The normalized spacial score (nSPS) is 10.9. The van der Waals surface area contributed by atoms with E-state index in [4.69, 9.17) is 15.6 Å². The lowest BCUT2D eigenvalue weighted by Gasteiger charge is -1.93. The fourth-order valence-electron chi connectivity index (χ4n) is 0.959. The molecule has 1 rings (SSSR count). The van der Waals surface area contributed by atoms with Crippen LogP contribution in [0.3, 0.4) is 0 Å². The van der Waals surface area contributed by atoms with Gasteiger partial charge in [-0.3, -0.25) is 0 Å². The highest BCUT2D eigenvalue weighted by atomic mass is 16.3. The summed E-state index contributed by atoms with van der Waals surface area (Å²) in [6, 6.07) is 10.2. The van der Waals surface area contributed by atoms with Crippen molar-refractivity contribution < 1.29 is 5.11 Å². The summed E-state index contributed by atoms with van der Waals surface area (Å²) < 4.78 is 0. The molecular weight excluding hydrogens is 188 g/mol. The van der Waals surface area contributed by atoms with Crippen molar-refractivity contribution in [3.8, 4) is 17.9 Å². The molecule has 0 radical (unpaired) electrons. The Kier molecular flexibility index (Phi) is 3.70. The SMILES string of the molecule is N#CC=C(C#N)C=Cc1ccc(O)cc1.